The Morgan fingerprint density at radius 3 is 2.55 bits per heavy atom. The minimum absolute atomic E-state index is 0.725. The van der Waals surface area contributed by atoms with Gasteiger partial charge < -0.3 is 5.32 Å². The van der Waals surface area contributed by atoms with Crippen molar-refractivity contribution in [3.8, 4) is 0 Å². The highest BCUT2D eigenvalue weighted by Gasteiger charge is 2.38. The molecule has 5 atom stereocenters. The first kappa shape index (κ1) is 16.3. The molecule has 0 spiro atoms. The van der Waals surface area contributed by atoms with Crippen LogP contribution in [0.25, 0.3) is 0 Å². The highest BCUT2D eigenvalue weighted by atomic mass is 15.2. The third-order valence-electron chi connectivity index (χ3n) is 6.11. The molecule has 2 rings (SSSR count). The predicted octanol–water partition coefficient (Wildman–Crippen LogP) is 3.91. The molecule has 5 unspecified atom stereocenters. The fourth-order valence-corrected chi connectivity index (χ4v) is 4.49. The van der Waals surface area contributed by atoms with Gasteiger partial charge in [-0.05, 0) is 69.9 Å². The van der Waals surface area contributed by atoms with Crippen LogP contribution in [0.4, 0.5) is 0 Å². The van der Waals surface area contributed by atoms with Crippen LogP contribution < -0.4 is 5.32 Å². The normalized spacial score (nSPS) is 40.2. The highest BCUT2D eigenvalue weighted by Crippen LogP contribution is 2.36. The van der Waals surface area contributed by atoms with Gasteiger partial charge in [-0.25, -0.2) is 0 Å². The highest BCUT2D eigenvalue weighted by molar-refractivity contribution is 4.95. The Morgan fingerprint density at radius 1 is 1.15 bits per heavy atom. The third kappa shape index (κ3) is 3.57. The fraction of sp³-hybridized carbons (Fsp3) is 1.00. The molecule has 1 saturated carbocycles. The summed E-state index contributed by atoms with van der Waals surface area (Å²) in [7, 11) is 0. The van der Waals surface area contributed by atoms with E-state index in [-0.39, 0.29) is 0 Å². The molecule has 1 saturated heterocycles. The summed E-state index contributed by atoms with van der Waals surface area (Å²) < 4.78 is 0. The molecule has 2 fully saturated rings. The van der Waals surface area contributed by atoms with Gasteiger partial charge in [0.05, 0.1) is 0 Å². The molecule has 2 heteroatoms. The predicted molar refractivity (Wildman–Crippen MR) is 88.0 cm³/mol. The molecule has 0 bridgehead atoms. The lowest BCUT2D eigenvalue weighted by atomic mass is 9.75. The smallest absolute Gasteiger partial charge is 0.0255 e. The average molecular weight is 280 g/mol. The number of hydrogen-bond donors (Lipinski definition) is 1. The van der Waals surface area contributed by atoms with E-state index in [0.717, 1.165) is 42.4 Å². The summed E-state index contributed by atoms with van der Waals surface area (Å²) in [6.07, 6.45) is 7.02. The van der Waals surface area contributed by atoms with Crippen molar-refractivity contribution >= 4 is 0 Å². The van der Waals surface area contributed by atoms with Gasteiger partial charge in [-0.2, -0.15) is 0 Å². The van der Waals surface area contributed by atoms with Gasteiger partial charge in [0.15, 0.2) is 0 Å². The number of piperidine rings is 1. The topological polar surface area (TPSA) is 15.3 Å². The summed E-state index contributed by atoms with van der Waals surface area (Å²) in [5.41, 5.74) is 0. The Kier molecular flexibility index (Phi) is 5.92. The van der Waals surface area contributed by atoms with Crippen molar-refractivity contribution in [2.24, 2.45) is 17.8 Å². The molecule has 20 heavy (non-hydrogen) atoms. The zero-order valence-electron chi connectivity index (χ0n) is 14.4. The second-order valence-electron chi connectivity index (χ2n) is 7.65. The van der Waals surface area contributed by atoms with Gasteiger partial charge in [0, 0.05) is 18.1 Å². The minimum Gasteiger partial charge on any atom is -0.313 e. The molecular weight excluding hydrogens is 244 g/mol. The van der Waals surface area contributed by atoms with Crippen LogP contribution in [-0.4, -0.2) is 36.1 Å². The van der Waals surface area contributed by atoms with Crippen LogP contribution >= 0.6 is 0 Å². The first-order valence-electron chi connectivity index (χ1n) is 9.03. The zero-order chi connectivity index (χ0) is 14.7. The molecule has 0 aromatic carbocycles. The molecule has 118 valence electrons. The van der Waals surface area contributed by atoms with Gasteiger partial charge in [-0.1, -0.05) is 27.7 Å². The van der Waals surface area contributed by atoms with Crippen molar-refractivity contribution in [2.75, 3.05) is 13.1 Å². The second-order valence-corrected chi connectivity index (χ2v) is 7.65. The molecular formula is C18H36N2. The molecule has 0 aromatic rings. The Hall–Kier alpha value is -0.0800. The van der Waals surface area contributed by atoms with Gasteiger partial charge in [0.1, 0.15) is 0 Å². The van der Waals surface area contributed by atoms with E-state index in [2.05, 4.69) is 44.8 Å². The molecule has 1 aliphatic carbocycles. The number of hydrogen-bond acceptors (Lipinski definition) is 2. The van der Waals surface area contributed by atoms with E-state index in [1.807, 2.05) is 0 Å². The lowest BCUT2D eigenvalue weighted by Gasteiger charge is -2.49. The zero-order valence-corrected chi connectivity index (χ0v) is 14.4. The van der Waals surface area contributed by atoms with Gasteiger partial charge in [-0.15, -0.1) is 0 Å². The van der Waals surface area contributed by atoms with E-state index in [1.165, 1.54) is 38.6 Å². The number of nitrogens with zero attached hydrogens (tertiary/aromatic N) is 1. The maximum absolute atomic E-state index is 3.79. The van der Waals surface area contributed by atoms with Crippen molar-refractivity contribution in [3.05, 3.63) is 0 Å². The van der Waals surface area contributed by atoms with Crippen LogP contribution in [0.2, 0.25) is 0 Å². The van der Waals surface area contributed by atoms with Gasteiger partial charge in [-0.3, -0.25) is 4.90 Å². The van der Waals surface area contributed by atoms with Crippen molar-refractivity contribution in [1.82, 2.24) is 10.2 Å². The minimum atomic E-state index is 0.725. The van der Waals surface area contributed by atoms with E-state index in [1.54, 1.807) is 0 Å². The summed E-state index contributed by atoms with van der Waals surface area (Å²) in [5.74, 6) is 2.64. The molecule has 1 heterocycles. The van der Waals surface area contributed by atoms with Crippen LogP contribution in [-0.2, 0) is 0 Å². The number of rotatable bonds is 4. The molecule has 1 N–H and O–H groups in total. The summed E-state index contributed by atoms with van der Waals surface area (Å²) >= 11 is 0. The molecule has 0 amide bonds. The number of likely N-dealkylation sites (N-methyl/N-ethyl adjacent to an activating group) is 1. The Morgan fingerprint density at radius 2 is 1.90 bits per heavy atom. The van der Waals surface area contributed by atoms with Crippen LogP contribution in [0.1, 0.15) is 66.7 Å². The number of likely N-dealkylation sites (tertiary alicyclic amines) is 1. The van der Waals surface area contributed by atoms with Crippen molar-refractivity contribution < 1.29 is 0 Å². The van der Waals surface area contributed by atoms with Crippen molar-refractivity contribution in [2.45, 2.75) is 84.8 Å². The summed E-state index contributed by atoms with van der Waals surface area (Å²) in [6.45, 7) is 14.4. The first-order valence-corrected chi connectivity index (χ1v) is 9.03. The Bertz CT molecular complexity index is 289. The SMILES string of the molecule is CCNC1CCC(C(C)C)CC1N1CCCC(C)C1C. The van der Waals surface area contributed by atoms with E-state index >= 15 is 0 Å². The second kappa shape index (κ2) is 7.26. The van der Waals surface area contributed by atoms with Gasteiger partial charge in [0.25, 0.3) is 0 Å². The summed E-state index contributed by atoms with van der Waals surface area (Å²) in [4.78, 5) is 2.86. The monoisotopic (exact) mass is 280 g/mol. The van der Waals surface area contributed by atoms with Crippen molar-refractivity contribution in [1.29, 1.82) is 0 Å². The molecule has 0 radical (unpaired) electrons. The maximum atomic E-state index is 3.79. The van der Waals surface area contributed by atoms with E-state index < -0.39 is 0 Å². The molecule has 2 nitrogen and oxygen atoms in total. The average Bonchev–Trinajstić information content (AvgIpc) is 2.43. The standard InChI is InChI=1S/C18H36N2/c1-6-19-17-10-9-16(13(2)3)12-18(17)20-11-7-8-14(4)15(20)5/h13-19H,6-12H2,1-5H3. The summed E-state index contributed by atoms with van der Waals surface area (Å²) in [6, 6.07) is 2.26. The number of nitrogens with one attached hydrogen (secondary N) is 1. The third-order valence-corrected chi connectivity index (χ3v) is 6.11. The molecule has 0 aromatic heterocycles. The first-order chi connectivity index (χ1) is 9.54. The maximum Gasteiger partial charge on any atom is 0.0255 e. The lowest BCUT2D eigenvalue weighted by Crippen LogP contribution is -2.58. The quantitative estimate of drug-likeness (QED) is 0.840. The van der Waals surface area contributed by atoms with Crippen LogP contribution in [0.15, 0.2) is 0 Å². The van der Waals surface area contributed by atoms with E-state index in [4.69, 9.17) is 0 Å². The van der Waals surface area contributed by atoms with Crippen molar-refractivity contribution in [3.63, 3.8) is 0 Å². The van der Waals surface area contributed by atoms with Crippen LogP contribution in [0.5, 0.6) is 0 Å². The lowest BCUT2D eigenvalue weighted by molar-refractivity contribution is 0.0148. The van der Waals surface area contributed by atoms with Crippen LogP contribution in [0.3, 0.4) is 0 Å². The Balaban J connectivity index is 2.09. The van der Waals surface area contributed by atoms with E-state index in [9.17, 15) is 0 Å². The van der Waals surface area contributed by atoms with Gasteiger partial charge >= 0.3 is 0 Å². The van der Waals surface area contributed by atoms with Crippen LogP contribution in [0, 0.1) is 17.8 Å². The fourth-order valence-electron chi connectivity index (χ4n) is 4.49. The van der Waals surface area contributed by atoms with E-state index in [0.29, 0.717) is 0 Å². The summed E-state index contributed by atoms with van der Waals surface area (Å²) in [5, 5.41) is 3.79. The molecule has 1 aliphatic heterocycles. The Labute approximate surface area is 126 Å². The van der Waals surface area contributed by atoms with Gasteiger partial charge in [0.2, 0.25) is 0 Å². The molecule has 2 aliphatic rings. The largest absolute Gasteiger partial charge is 0.313 e.